The van der Waals surface area contributed by atoms with Gasteiger partial charge in [-0.2, -0.15) is 0 Å². The zero-order valence-corrected chi connectivity index (χ0v) is 9.54. The number of nitrogens with zero attached hydrogens (tertiary/aromatic N) is 3. The number of pyridine rings is 1. The molecule has 1 aromatic rings. The molecule has 0 radical (unpaired) electrons. The van der Waals surface area contributed by atoms with Crippen molar-refractivity contribution in [2.75, 3.05) is 38.1 Å². The van der Waals surface area contributed by atoms with Crippen molar-refractivity contribution in [1.82, 2.24) is 9.88 Å². The molecule has 0 N–H and O–H groups in total. The van der Waals surface area contributed by atoms with Crippen LogP contribution in [0.4, 0.5) is 5.69 Å². The van der Waals surface area contributed by atoms with E-state index in [9.17, 15) is 0 Å². The number of hydrogen-bond donors (Lipinski definition) is 0. The lowest BCUT2D eigenvalue weighted by molar-refractivity contribution is -0.0875. The van der Waals surface area contributed by atoms with Crippen LogP contribution in [0.15, 0.2) is 24.5 Å². The molecule has 4 nitrogen and oxygen atoms in total. The summed E-state index contributed by atoms with van der Waals surface area (Å²) in [6.45, 7) is 4.06. The molecule has 2 aliphatic rings. The van der Waals surface area contributed by atoms with Crippen molar-refractivity contribution >= 4 is 5.69 Å². The number of hydrogen-bond acceptors (Lipinski definition) is 4. The van der Waals surface area contributed by atoms with Gasteiger partial charge in [0.2, 0.25) is 0 Å². The molecular weight excluding hydrogens is 202 g/mol. The van der Waals surface area contributed by atoms with Crippen LogP contribution in [0.5, 0.6) is 0 Å². The van der Waals surface area contributed by atoms with Gasteiger partial charge in [-0.05, 0) is 19.2 Å². The van der Waals surface area contributed by atoms with E-state index in [2.05, 4.69) is 34.0 Å². The number of fused-ring (bicyclic) bond motifs is 2. The summed E-state index contributed by atoms with van der Waals surface area (Å²) in [5, 5.41) is 0. The van der Waals surface area contributed by atoms with Gasteiger partial charge in [-0.25, -0.2) is 0 Å². The van der Waals surface area contributed by atoms with Gasteiger partial charge in [0, 0.05) is 44.3 Å². The molecule has 1 aromatic heterocycles. The predicted molar refractivity (Wildman–Crippen MR) is 62.6 cm³/mol. The Morgan fingerprint density at radius 3 is 2.38 bits per heavy atom. The Bertz CT molecular complexity index is 339. The molecular formula is C12H17N3O. The highest BCUT2D eigenvalue weighted by molar-refractivity contribution is 5.45. The van der Waals surface area contributed by atoms with Crippen molar-refractivity contribution in [1.29, 1.82) is 0 Å². The van der Waals surface area contributed by atoms with Crippen LogP contribution in [0.1, 0.15) is 0 Å². The standard InChI is InChI=1S/C12H17N3O/c1-14-6-11-8-15(9-12(7-14)16-11)10-2-4-13-5-3-10/h2-5,11-12H,6-9H2,1H3. The van der Waals surface area contributed by atoms with E-state index in [4.69, 9.17) is 4.74 Å². The Labute approximate surface area is 95.8 Å². The number of morpholine rings is 2. The third-order valence-corrected chi connectivity index (χ3v) is 3.29. The van der Waals surface area contributed by atoms with Crippen molar-refractivity contribution in [2.45, 2.75) is 12.2 Å². The Kier molecular flexibility index (Phi) is 2.53. The molecule has 16 heavy (non-hydrogen) atoms. The Hall–Kier alpha value is -1.13. The summed E-state index contributed by atoms with van der Waals surface area (Å²) in [7, 11) is 2.17. The van der Waals surface area contributed by atoms with Gasteiger partial charge >= 0.3 is 0 Å². The monoisotopic (exact) mass is 219 g/mol. The highest BCUT2D eigenvalue weighted by Gasteiger charge is 2.33. The molecule has 0 spiro atoms. The van der Waals surface area contributed by atoms with E-state index in [0.29, 0.717) is 12.2 Å². The second-order valence-corrected chi connectivity index (χ2v) is 4.71. The maximum Gasteiger partial charge on any atom is 0.0881 e. The Balaban J connectivity index is 1.76. The lowest BCUT2D eigenvalue weighted by Gasteiger charge is -2.45. The van der Waals surface area contributed by atoms with Crippen molar-refractivity contribution in [3.8, 4) is 0 Å². The van der Waals surface area contributed by atoms with Crippen molar-refractivity contribution < 1.29 is 4.74 Å². The van der Waals surface area contributed by atoms with Gasteiger partial charge in [0.15, 0.2) is 0 Å². The van der Waals surface area contributed by atoms with E-state index in [1.165, 1.54) is 5.69 Å². The van der Waals surface area contributed by atoms with Crippen LogP contribution >= 0.6 is 0 Å². The minimum Gasteiger partial charge on any atom is -0.369 e. The summed E-state index contributed by atoms with van der Waals surface area (Å²) in [5.74, 6) is 0. The maximum absolute atomic E-state index is 5.95. The van der Waals surface area contributed by atoms with E-state index < -0.39 is 0 Å². The molecule has 2 bridgehead atoms. The lowest BCUT2D eigenvalue weighted by atomic mass is 10.1. The van der Waals surface area contributed by atoms with E-state index in [1.807, 2.05) is 12.4 Å². The first-order valence-electron chi connectivity index (χ1n) is 5.80. The molecule has 3 heterocycles. The summed E-state index contributed by atoms with van der Waals surface area (Å²) in [6, 6.07) is 4.15. The van der Waals surface area contributed by atoms with Crippen molar-refractivity contribution in [2.24, 2.45) is 0 Å². The Morgan fingerprint density at radius 1 is 1.12 bits per heavy atom. The van der Waals surface area contributed by atoms with Crippen LogP contribution < -0.4 is 4.90 Å². The fourth-order valence-electron chi connectivity index (χ4n) is 2.66. The van der Waals surface area contributed by atoms with Crippen LogP contribution in [0.3, 0.4) is 0 Å². The number of anilines is 1. The van der Waals surface area contributed by atoms with Crippen LogP contribution in [0.25, 0.3) is 0 Å². The van der Waals surface area contributed by atoms with E-state index >= 15 is 0 Å². The molecule has 0 amide bonds. The van der Waals surface area contributed by atoms with Crippen LogP contribution in [0.2, 0.25) is 0 Å². The number of aromatic nitrogens is 1. The largest absolute Gasteiger partial charge is 0.369 e. The van der Waals surface area contributed by atoms with Crippen LogP contribution in [-0.2, 0) is 4.74 Å². The first-order chi connectivity index (χ1) is 7.81. The summed E-state index contributed by atoms with van der Waals surface area (Å²) in [5.41, 5.74) is 1.26. The average molecular weight is 219 g/mol. The van der Waals surface area contributed by atoms with Gasteiger partial charge < -0.3 is 14.5 Å². The second kappa shape index (κ2) is 4.03. The molecule has 2 aliphatic heterocycles. The average Bonchev–Trinajstić information content (AvgIpc) is 2.28. The predicted octanol–water partition coefficient (Wildman–Crippen LogP) is 0.601. The summed E-state index contributed by atoms with van der Waals surface area (Å²) < 4.78 is 5.95. The van der Waals surface area contributed by atoms with Gasteiger partial charge in [-0.1, -0.05) is 0 Å². The molecule has 86 valence electrons. The number of likely N-dealkylation sites (N-methyl/N-ethyl adjacent to an activating group) is 1. The third kappa shape index (κ3) is 1.90. The van der Waals surface area contributed by atoms with E-state index in [1.54, 1.807) is 0 Å². The topological polar surface area (TPSA) is 28.6 Å². The first-order valence-corrected chi connectivity index (χ1v) is 5.80. The first kappa shape index (κ1) is 10.1. The fraction of sp³-hybridized carbons (Fsp3) is 0.583. The molecule has 4 heteroatoms. The third-order valence-electron chi connectivity index (χ3n) is 3.29. The number of ether oxygens (including phenoxy) is 1. The van der Waals surface area contributed by atoms with Crippen molar-refractivity contribution in [3.63, 3.8) is 0 Å². The summed E-state index contributed by atoms with van der Waals surface area (Å²) in [4.78, 5) is 8.83. The SMILES string of the molecule is CN1CC2CN(c3ccncc3)CC(C1)O2. The van der Waals surface area contributed by atoms with Gasteiger partial charge in [0.05, 0.1) is 12.2 Å². The van der Waals surface area contributed by atoms with Gasteiger partial charge in [0.25, 0.3) is 0 Å². The van der Waals surface area contributed by atoms with E-state index in [-0.39, 0.29) is 0 Å². The molecule has 3 rings (SSSR count). The maximum atomic E-state index is 5.95. The lowest BCUT2D eigenvalue weighted by Crippen LogP contribution is -2.58. The molecule has 2 fully saturated rings. The summed E-state index contributed by atoms with van der Waals surface area (Å²) in [6.07, 6.45) is 4.41. The van der Waals surface area contributed by atoms with E-state index in [0.717, 1.165) is 26.2 Å². The van der Waals surface area contributed by atoms with Gasteiger partial charge in [0.1, 0.15) is 0 Å². The normalized spacial score (nSPS) is 30.4. The van der Waals surface area contributed by atoms with Crippen LogP contribution in [-0.4, -0.2) is 55.3 Å². The fourth-order valence-corrected chi connectivity index (χ4v) is 2.66. The molecule has 2 unspecified atom stereocenters. The molecule has 2 saturated heterocycles. The highest BCUT2D eigenvalue weighted by atomic mass is 16.5. The van der Waals surface area contributed by atoms with Crippen molar-refractivity contribution in [3.05, 3.63) is 24.5 Å². The second-order valence-electron chi connectivity index (χ2n) is 4.71. The quantitative estimate of drug-likeness (QED) is 0.691. The number of rotatable bonds is 1. The highest BCUT2D eigenvalue weighted by Crippen LogP contribution is 2.22. The molecule has 2 atom stereocenters. The zero-order valence-electron chi connectivity index (χ0n) is 9.54. The minimum atomic E-state index is 0.352. The summed E-state index contributed by atoms with van der Waals surface area (Å²) >= 11 is 0. The molecule has 0 aromatic carbocycles. The van der Waals surface area contributed by atoms with Gasteiger partial charge in [-0.15, -0.1) is 0 Å². The van der Waals surface area contributed by atoms with Crippen LogP contribution in [0, 0.1) is 0 Å². The molecule has 0 saturated carbocycles. The minimum absolute atomic E-state index is 0.352. The zero-order chi connectivity index (χ0) is 11.0. The smallest absolute Gasteiger partial charge is 0.0881 e. The Morgan fingerprint density at radius 2 is 1.75 bits per heavy atom. The van der Waals surface area contributed by atoms with Gasteiger partial charge in [-0.3, -0.25) is 4.98 Å². The molecule has 0 aliphatic carbocycles.